The SMILES string of the molecule is C=C(C)C(=O)OC=C1CC2C3CC(=COC(=O)C(=C)C)C(C3)C2C1. The second-order valence-electron chi connectivity index (χ2n) is 7.38. The van der Waals surface area contributed by atoms with E-state index >= 15 is 0 Å². The number of hydrogen-bond donors (Lipinski definition) is 0. The fourth-order valence-corrected chi connectivity index (χ4v) is 4.44. The van der Waals surface area contributed by atoms with Crippen LogP contribution in [0.2, 0.25) is 0 Å². The molecule has 128 valence electrons. The van der Waals surface area contributed by atoms with Crippen molar-refractivity contribution in [2.24, 2.45) is 23.7 Å². The molecule has 0 amide bonds. The van der Waals surface area contributed by atoms with Crippen molar-refractivity contribution in [2.45, 2.75) is 39.5 Å². The van der Waals surface area contributed by atoms with Crippen molar-refractivity contribution >= 4 is 11.9 Å². The zero-order valence-corrected chi connectivity index (χ0v) is 14.3. The Labute approximate surface area is 142 Å². The van der Waals surface area contributed by atoms with Crippen LogP contribution < -0.4 is 0 Å². The summed E-state index contributed by atoms with van der Waals surface area (Å²) in [5.41, 5.74) is 3.28. The molecular formula is C20H24O4. The van der Waals surface area contributed by atoms with E-state index < -0.39 is 0 Å². The summed E-state index contributed by atoms with van der Waals surface area (Å²) in [4.78, 5) is 23.1. The molecule has 2 bridgehead atoms. The smallest absolute Gasteiger partial charge is 0.337 e. The van der Waals surface area contributed by atoms with Crippen LogP contribution in [-0.4, -0.2) is 11.9 Å². The van der Waals surface area contributed by atoms with Gasteiger partial charge in [0.25, 0.3) is 0 Å². The Morgan fingerprint density at radius 2 is 1.54 bits per heavy atom. The molecule has 4 atom stereocenters. The van der Waals surface area contributed by atoms with Crippen molar-refractivity contribution in [1.82, 2.24) is 0 Å². The van der Waals surface area contributed by atoms with E-state index in [1.807, 2.05) is 0 Å². The molecule has 0 radical (unpaired) electrons. The molecule has 0 aromatic rings. The molecule has 0 aromatic carbocycles. The van der Waals surface area contributed by atoms with E-state index in [4.69, 9.17) is 9.47 Å². The molecule has 3 saturated carbocycles. The molecule has 0 saturated heterocycles. The number of carbonyl (C=O) groups excluding carboxylic acids is 2. The van der Waals surface area contributed by atoms with Crippen LogP contribution >= 0.6 is 0 Å². The number of carbonyl (C=O) groups is 2. The number of allylic oxidation sites excluding steroid dienone is 2. The molecular weight excluding hydrogens is 304 g/mol. The highest BCUT2D eigenvalue weighted by molar-refractivity contribution is 5.87. The van der Waals surface area contributed by atoms with Gasteiger partial charge < -0.3 is 9.47 Å². The number of hydrogen-bond acceptors (Lipinski definition) is 4. The molecule has 4 unspecified atom stereocenters. The largest absolute Gasteiger partial charge is 0.431 e. The third-order valence-corrected chi connectivity index (χ3v) is 5.55. The summed E-state index contributed by atoms with van der Waals surface area (Å²) in [5, 5.41) is 0. The van der Waals surface area contributed by atoms with Crippen molar-refractivity contribution in [3.8, 4) is 0 Å². The molecule has 3 fully saturated rings. The summed E-state index contributed by atoms with van der Waals surface area (Å²) in [7, 11) is 0. The zero-order chi connectivity index (χ0) is 17.4. The van der Waals surface area contributed by atoms with Gasteiger partial charge in [0.15, 0.2) is 0 Å². The fourth-order valence-electron chi connectivity index (χ4n) is 4.44. The van der Waals surface area contributed by atoms with Crippen LogP contribution in [0.4, 0.5) is 0 Å². The molecule has 3 aliphatic rings. The Morgan fingerprint density at radius 3 is 2.17 bits per heavy atom. The first-order valence-electron chi connectivity index (χ1n) is 8.46. The molecule has 0 aliphatic heterocycles. The summed E-state index contributed by atoms with van der Waals surface area (Å²) in [6, 6.07) is 0. The summed E-state index contributed by atoms with van der Waals surface area (Å²) in [5.74, 6) is 1.65. The van der Waals surface area contributed by atoms with Gasteiger partial charge in [-0.1, -0.05) is 13.2 Å². The Balaban J connectivity index is 1.63. The van der Waals surface area contributed by atoms with Crippen LogP contribution in [0.3, 0.4) is 0 Å². The van der Waals surface area contributed by atoms with Gasteiger partial charge in [-0.3, -0.25) is 0 Å². The first-order chi connectivity index (χ1) is 11.4. The first kappa shape index (κ1) is 16.7. The van der Waals surface area contributed by atoms with Gasteiger partial charge >= 0.3 is 11.9 Å². The maximum atomic E-state index is 11.6. The minimum atomic E-state index is -0.366. The second-order valence-corrected chi connectivity index (χ2v) is 7.38. The summed E-state index contributed by atoms with van der Waals surface area (Å²) < 4.78 is 10.4. The lowest BCUT2D eigenvalue weighted by atomic mass is 9.79. The van der Waals surface area contributed by atoms with E-state index in [-0.39, 0.29) is 11.9 Å². The third kappa shape index (κ3) is 3.10. The van der Waals surface area contributed by atoms with Crippen LogP contribution in [0.25, 0.3) is 0 Å². The summed E-state index contributed by atoms with van der Waals surface area (Å²) >= 11 is 0. The molecule has 4 heteroatoms. The van der Waals surface area contributed by atoms with Crippen molar-refractivity contribution in [3.05, 3.63) is 48.0 Å². The van der Waals surface area contributed by atoms with Gasteiger partial charge in [-0.25, -0.2) is 9.59 Å². The second kappa shape index (κ2) is 6.42. The molecule has 3 aliphatic carbocycles. The van der Waals surface area contributed by atoms with Crippen molar-refractivity contribution < 1.29 is 19.1 Å². The Morgan fingerprint density at radius 1 is 0.958 bits per heavy atom. The Kier molecular flexibility index (Phi) is 4.48. The monoisotopic (exact) mass is 328 g/mol. The van der Waals surface area contributed by atoms with Crippen LogP contribution in [-0.2, 0) is 19.1 Å². The molecule has 3 rings (SSSR count). The minimum Gasteiger partial charge on any atom is -0.431 e. The maximum absolute atomic E-state index is 11.6. The van der Waals surface area contributed by atoms with Crippen LogP contribution in [0.15, 0.2) is 48.0 Å². The van der Waals surface area contributed by atoms with Gasteiger partial charge in [-0.05, 0) is 74.3 Å². The van der Waals surface area contributed by atoms with Crippen LogP contribution in [0, 0.1) is 23.7 Å². The maximum Gasteiger partial charge on any atom is 0.337 e. The van der Waals surface area contributed by atoms with Crippen molar-refractivity contribution in [1.29, 1.82) is 0 Å². The lowest BCUT2D eigenvalue weighted by Crippen LogP contribution is -2.18. The molecule has 0 spiro atoms. The topological polar surface area (TPSA) is 52.6 Å². The van der Waals surface area contributed by atoms with Gasteiger partial charge in [0.05, 0.1) is 12.5 Å². The zero-order valence-electron chi connectivity index (χ0n) is 14.3. The quantitative estimate of drug-likeness (QED) is 0.444. The van der Waals surface area contributed by atoms with Gasteiger partial charge in [0.2, 0.25) is 0 Å². The fraction of sp³-hybridized carbons (Fsp3) is 0.500. The normalized spacial score (nSPS) is 33.6. The van der Waals surface area contributed by atoms with Gasteiger partial charge in [0, 0.05) is 11.1 Å². The number of fused-ring (bicyclic) bond motifs is 5. The molecule has 4 nitrogen and oxygen atoms in total. The lowest BCUT2D eigenvalue weighted by Gasteiger charge is -2.25. The van der Waals surface area contributed by atoms with Crippen molar-refractivity contribution in [2.75, 3.05) is 0 Å². The summed E-state index contributed by atoms with van der Waals surface area (Å²) in [6.07, 6.45) is 7.44. The highest BCUT2D eigenvalue weighted by Crippen LogP contribution is 2.61. The average molecular weight is 328 g/mol. The van der Waals surface area contributed by atoms with Crippen LogP contribution in [0.5, 0.6) is 0 Å². The predicted octanol–water partition coefficient (Wildman–Crippen LogP) is 4.06. The molecule has 0 N–H and O–H groups in total. The van der Waals surface area contributed by atoms with E-state index in [0.717, 1.165) is 19.3 Å². The van der Waals surface area contributed by atoms with E-state index in [1.54, 1.807) is 26.4 Å². The molecule has 0 heterocycles. The number of rotatable bonds is 4. The first-order valence-corrected chi connectivity index (χ1v) is 8.46. The minimum absolute atomic E-state index is 0.361. The highest BCUT2D eigenvalue weighted by Gasteiger charge is 2.53. The molecule has 24 heavy (non-hydrogen) atoms. The summed E-state index contributed by atoms with van der Waals surface area (Å²) in [6.45, 7) is 10.5. The van der Waals surface area contributed by atoms with Gasteiger partial charge in [-0.15, -0.1) is 0 Å². The highest BCUT2D eigenvalue weighted by atomic mass is 16.5. The Bertz CT molecular complexity index is 667. The van der Waals surface area contributed by atoms with Crippen molar-refractivity contribution in [3.63, 3.8) is 0 Å². The third-order valence-electron chi connectivity index (χ3n) is 5.55. The molecule has 0 aromatic heterocycles. The average Bonchev–Trinajstić information content (AvgIpc) is 3.20. The predicted molar refractivity (Wildman–Crippen MR) is 90.4 cm³/mol. The van der Waals surface area contributed by atoms with Crippen LogP contribution in [0.1, 0.15) is 39.5 Å². The number of ether oxygens (including phenoxy) is 2. The van der Waals surface area contributed by atoms with E-state index in [2.05, 4.69) is 13.2 Å². The lowest BCUT2D eigenvalue weighted by molar-refractivity contribution is -0.134. The van der Waals surface area contributed by atoms with E-state index in [9.17, 15) is 9.59 Å². The van der Waals surface area contributed by atoms with E-state index in [1.165, 1.54) is 17.6 Å². The van der Waals surface area contributed by atoms with Gasteiger partial charge in [0.1, 0.15) is 0 Å². The van der Waals surface area contributed by atoms with Gasteiger partial charge in [-0.2, -0.15) is 0 Å². The standard InChI is InChI=1S/C20H24O4/c1-11(2)19(21)23-9-13-5-16-14-7-15(10-24-20(22)12(3)4)17(8-14)18(16)6-13/h9-10,14,16-18H,1,3,5-8H2,2,4H3. The Hall–Kier alpha value is -2.10. The number of esters is 2. The van der Waals surface area contributed by atoms with E-state index in [0.29, 0.717) is 34.8 Å².